The number of para-hydroxylation sites is 1. The van der Waals surface area contributed by atoms with E-state index >= 15 is 0 Å². The Kier molecular flexibility index (Phi) is 3.04. The second-order valence-corrected chi connectivity index (χ2v) is 5.63. The molecular formula is C14H17ClN2O. The molecule has 0 aliphatic carbocycles. The van der Waals surface area contributed by atoms with Crippen molar-refractivity contribution in [3.05, 3.63) is 29.3 Å². The lowest BCUT2D eigenvalue weighted by atomic mass is 9.79. The minimum absolute atomic E-state index is 0.183. The summed E-state index contributed by atoms with van der Waals surface area (Å²) >= 11 is 6.19. The Hall–Kier alpha value is -1.06. The second kappa shape index (κ2) is 4.56. The average Bonchev–Trinajstić information content (AvgIpc) is 2.69. The average molecular weight is 265 g/mol. The fraction of sp³-hybridized carbons (Fsp3) is 0.500. The highest BCUT2D eigenvalue weighted by Gasteiger charge is 2.47. The van der Waals surface area contributed by atoms with E-state index in [1.807, 2.05) is 29.2 Å². The Bertz CT molecular complexity index is 469. The number of nitrogens with zero attached hydrogens (tertiary/aromatic N) is 1. The van der Waals surface area contributed by atoms with Crippen molar-refractivity contribution in [3.8, 4) is 0 Å². The van der Waals surface area contributed by atoms with Gasteiger partial charge in [-0.3, -0.25) is 4.79 Å². The molecule has 3 nitrogen and oxygen atoms in total. The minimum Gasteiger partial charge on any atom is -0.316 e. The molecule has 2 heterocycles. The van der Waals surface area contributed by atoms with Gasteiger partial charge in [0, 0.05) is 13.1 Å². The summed E-state index contributed by atoms with van der Waals surface area (Å²) in [6, 6.07) is 7.59. The quantitative estimate of drug-likeness (QED) is 0.845. The summed E-state index contributed by atoms with van der Waals surface area (Å²) in [4.78, 5) is 14.5. The number of hydrogen-bond acceptors (Lipinski definition) is 2. The maximum atomic E-state index is 12.7. The van der Waals surface area contributed by atoms with Crippen LogP contribution in [0.2, 0.25) is 5.02 Å². The van der Waals surface area contributed by atoms with Crippen LogP contribution in [0.4, 0.5) is 5.69 Å². The molecule has 96 valence electrons. The number of nitrogens with one attached hydrogen (secondary N) is 1. The van der Waals surface area contributed by atoms with E-state index in [1.165, 1.54) is 0 Å². The van der Waals surface area contributed by atoms with Crippen LogP contribution in [-0.4, -0.2) is 25.5 Å². The third kappa shape index (κ3) is 1.82. The van der Waals surface area contributed by atoms with E-state index in [1.54, 1.807) is 0 Å². The normalized spacial score (nSPS) is 28.1. The van der Waals surface area contributed by atoms with Gasteiger partial charge in [-0.1, -0.05) is 23.7 Å². The van der Waals surface area contributed by atoms with E-state index in [9.17, 15) is 4.79 Å². The van der Waals surface area contributed by atoms with Gasteiger partial charge in [0.1, 0.15) is 0 Å². The SMILES string of the molecule is O=C1N(c2ccccc2Cl)CCC12CCCNC2. The van der Waals surface area contributed by atoms with Crippen molar-refractivity contribution >= 4 is 23.2 Å². The number of anilines is 1. The Morgan fingerprint density at radius 3 is 2.83 bits per heavy atom. The standard InChI is InChI=1S/C14H17ClN2O/c15-11-4-1-2-5-12(11)17-9-7-14(13(17)18)6-3-8-16-10-14/h1-2,4-5,16H,3,6-10H2. The zero-order valence-corrected chi connectivity index (χ0v) is 11.0. The van der Waals surface area contributed by atoms with Gasteiger partial charge >= 0.3 is 0 Å². The Morgan fingerprint density at radius 2 is 2.11 bits per heavy atom. The zero-order valence-electron chi connectivity index (χ0n) is 10.3. The number of amides is 1. The zero-order chi connectivity index (χ0) is 12.6. The van der Waals surface area contributed by atoms with Gasteiger partial charge in [0.2, 0.25) is 5.91 Å². The van der Waals surface area contributed by atoms with Crippen LogP contribution < -0.4 is 10.2 Å². The van der Waals surface area contributed by atoms with Crippen LogP contribution in [0.5, 0.6) is 0 Å². The van der Waals surface area contributed by atoms with E-state index < -0.39 is 0 Å². The predicted octanol–water partition coefficient (Wildman–Crippen LogP) is 2.45. The van der Waals surface area contributed by atoms with Gasteiger partial charge in [0.05, 0.1) is 16.1 Å². The number of piperidine rings is 1. The fourth-order valence-electron chi connectivity index (χ4n) is 3.08. The molecule has 0 saturated carbocycles. The van der Waals surface area contributed by atoms with Crippen molar-refractivity contribution in [2.24, 2.45) is 5.41 Å². The van der Waals surface area contributed by atoms with Crippen LogP contribution in [-0.2, 0) is 4.79 Å². The van der Waals surface area contributed by atoms with Crippen LogP contribution in [0, 0.1) is 5.41 Å². The largest absolute Gasteiger partial charge is 0.316 e. The third-order valence-electron chi connectivity index (χ3n) is 4.13. The number of rotatable bonds is 1. The van der Waals surface area contributed by atoms with Crippen molar-refractivity contribution in [2.45, 2.75) is 19.3 Å². The van der Waals surface area contributed by atoms with E-state index in [0.29, 0.717) is 5.02 Å². The van der Waals surface area contributed by atoms with E-state index in [2.05, 4.69) is 5.32 Å². The lowest BCUT2D eigenvalue weighted by Crippen LogP contribution is -2.45. The molecular weight excluding hydrogens is 248 g/mol. The highest BCUT2D eigenvalue weighted by Crippen LogP contribution is 2.41. The van der Waals surface area contributed by atoms with Crippen LogP contribution in [0.3, 0.4) is 0 Å². The summed E-state index contributed by atoms with van der Waals surface area (Å²) in [6.45, 7) is 2.62. The van der Waals surface area contributed by atoms with Crippen molar-refractivity contribution in [1.29, 1.82) is 0 Å². The Labute approximate surface area is 112 Å². The summed E-state index contributed by atoms with van der Waals surface area (Å²) in [6.07, 6.45) is 3.02. The Balaban J connectivity index is 1.89. The second-order valence-electron chi connectivity index (χ2n) is 5.22. The van der Waals surface area contributed by atoms with E-state index in [-0.39, 0.29) is 11.3 Å². The first-order valence-electron chi connectivity index (χ1n) is 6.50. The topological polar surface area (TPSA) is 32.3 Å². The molecule has 2 fully saturated rings. The molecule has 1 aromatic rings. The predicted molar refractivity (Wildman–Crippen MR) is 73.0 cm³/mol. The Morgan fingerprint density at radius 1 is 1.28 bits per heavy atom. The van der Waals surface area contributed by atoms with Gasteiger partial charge in [-0.2, -0.15) is 0 Å². The summed E-state index contributed by atoms with van der Waals surface area (Å²) in [5.41, 5.74) is 0.670. The monoisotopic (exact) mass is 264 g/mol. The number of halogens is 1. The smallest absolute Gasteiger partial charge is 0.234 e. The number of carbonyl (C=O) groups is 1. The molecule has 18 heavy (non-hydrogen) atoms. The molecule has 0 aromatic heterocycles. The van der Waals surface area contributed by atoms with Gasteiger partial charge in [0.25, 0.3) is 0 Å². The first-order valence-corrected chi connectivity index (χ1v) is 6.88. The van der Waals surface area contributed by atoms with E-state index in [0.717, 1.165) is 44.6 Å². The molecule has 0 bridgehead atoms. The summed E-state index contributed by atoms with van der Waals surface area (Å²) in [5, 5.41) is 4.01. The van der Waals surface area contributed by atoms with Crippen LogP contribution >= 0.6 is 11.6 Å². The van der Waals surface area contributed by atoms with Crippen LogP contribution in [0.15, 0.2) is 24.3 Å². The minimum atomic E-state index is -0.183. The molecule has 3 rings (SSSR count). The molecule has 1 N–H and O–H groups in total. The first-order chi connectivity index (χ1) is 8.73. The molecule has 1 atom stereocenters. The highest BCUT2D eigenvalue weighted by atomic mass is 35.5. The highest BCUT2D eigenvalue weighted by molar-refractivity contribution is 6.33. The maximum Gasteiger partial charge on any atom is 0.234 e. The van der Waals surface area contributed by atoms with Gasteiger partial charge in [-0.05, 0) is 37.9 Å². The summed E-state index contributed by atoms with van der Waals surface area (Å²) in [7, 11) is 0. The molecule has 0 radical (unpaired) electrons. The third-order valence-corrected chi connectivity index (χ3v) is 4.45. The molecule has 1 unspecified atom stereocenters. The molecule has 1 aromatic carbocycles. The van der Waals surface area contributed by atoms with Crippen molar-refractivity contribution < 1.29 is 4.79 Å². The molecule has 2 aliphatic heterocycles. The van der Waals surface area contributed by atoms with Gasteiger partial charge in [-0.25, -0.2) is 0 Å². The number of benzene rings is 1. The summed E-state index contributed by atoms with van der Waals surface area (Å²) < 4.78 is 0. The van der Waals surface area contributed by atoms with Crippen molar-refractivity contribution in [1.82, 2.24) is 5.32 Å². The first kappa shape index (κ1) is 12.0. The lowest BCUT2D eigenvalue weighted by molar-refractivity contribution is -0.126. The van der Waals surface area contributed by atoms with Crippen LogP contribution in [0.1, 0.15) is 19.3 Å². The number of carbonyl (C=O) groups excluding carboxylic acids is 1. The molecule has 2 aliphatic rings. The molecule has 1 amide bonds. The van der Waals surface area contributed by atoms with Crippen molar-refractivity contribution in [3.63, 3.8) is 0 Å². The van der Waals surface area contributed by atoms with E-state index in [4.69, 9.17) is 11.6 Å². The number of hydrogen-bond donors (Lipinski definition) is 1. The molecule has 1 spiro atoms. The van der Waals surface area contributed by atoms with Crippen molar-refractivity contribution in [2.75, 3.05) is 24.5 Å². The van der Waals surface area contributed by atoms with Gasteiger partial charge < -0.3 is 10.2 Å². The molecule has 2 saturated heterocycles. The summed E-state index contributed by atoms with van der Waals surface area (Å²) in [5.74, 6) is 0.239. The van der Waals surface area contributed by atoms with Gasteiger partial charge in [0.15, 0.2) is 0 Å². The fourth-order valence-corrected chi connectivity index (χ4v) is 3.32. The lowest BCUT2D eigenvalue weighted by Gasteiger charge is -2.32. The molecule has 4 heteroatoms. The van der Waals surface area contributed by atoms with Crippen LogP contribution in [0.25, 0.3) is 0 Å². The van der Waals surface area contributed by atoms with Gasteiger partial charge in [-0.15, -0.1) is 0 Å². The maximum absolute atomic E-state index is 12.7.